The summed E-state index contributed by atoms with van der Waals surface area (Å²) in [6, 6.07) is 5.50. The highest BCUT2D eigenvalue weighted by Gasteiger charge is 2.43. The van der Waals surface area contributed by atoms with Gasteiger partial charge in [0.2, 0.25) is 0 Å². The fourth-order valence-corrected chi connectivity index (χ4v) is 3.52. The molecule has 2 aliphatic heterocycles. The van der Waals surface area contributed by atoms with Crippen molar-refractivity contribution in [1.82, 2.24) is 14.8 Å². The molecule has 23 heavy (non-hydrogen) atoms. The second-order valence-electron chi connectivity index (χ2n) is 5.45. The standard InChI is InChI=1S/C14H13Cl2N3O.CH2O2/c15-11-3-1-8(5-12(11)16)19-14(17-7-18-19)10-6-9-2-4-13(10)20-9;2-1-3/h1,3,5,7,9-10,13H,2,4,6H2;1H,(H,2,3)/t9-,10-,13+;/m0./s1. The summed E-state index contributed by atoms with van der Waals surface area (Å²) in [5, 5.41) is 12.3. The maximum atomic E-state index is 8.36. The molecule has 0 radical (unpaired) electrons. The largest absolute Gasteiger partial charge is 0.483 e. The molecule has 2 aliphatic rings. The molecule has 122 valence electrons. The van der Waals surface area contributed by atoms with Crippen LogP contribution in [0.25, 0.3) is 5.69 Å². The number of nitrogens with zero attached hydrogens (tertiary/aromatic N) is 3. The summed E-state index contributed by atoms with van der Waals surface area (Å²) in [4.78, 5) is 12.8. The summed E-state index contributed by atoms with van der Waals surface area (Å²) >= 11 is 12.1. The van der Waals surface area contributed by atoms with Crippen LogP contribution in [0.1, 0.15) is 31.0 Å². The first kappa shape index (κ1) is 16.2. The van der Waals surface area contributed by atoms with Crippen LogP contribution >= 0.6 is 23.2 Å². The normalized spacial score (nSPS) is 25.0. The first-order chi connectivity index (χ1) is 11.1. The van der Waals surface area contributed by atoms with E-state index in [0.717, 1.165) is 24.4 Å². The summed E-state index contributed by atoms with van der Waals surface area (Å²) in [6.45, 7) is -0.250. The Morgan fingerprint density at radius 2 is 2.09 bits per heavy atom. The Hall–Kier alpha value is -1.63. The second-order valence-corrected chi connectivity index (χ2v) is 6.26. The van der Waals surface area contributed by atoms with E-state index in [1.54, 1.807) is 12.4 Å². The summed E-state index contributed by atoms with van der Waals surface area (Å²) in [6.07, 6.45) is 5.58. The molecule has 0 amide bonds. The number of carbonyl (C=O) groups is 1. The lowest BCUT2D eigenvalue weighted by Crippen LogP contribution is -2.19. The van der Waals surface area contributed by atoms with Gasteiger partial charge in [0, 0.05) is 5.92 Å². The molecule has 0 saturated carbocycles. The van der Waals surface area contributed by atoms with E-state index in [1.165, 1.54) is 6.42 Å². The first-order valence-electron chi connectivity index (χ1n) is 7.22. The van der Waals surface area contributed by atoms with Crippen LogP contribution in [0.3, 0.4) is 0 Å². The predicted octanol–water partition coefficient (Wildman–Crippen LogP) is 3.31. The maximum absolute atomic E-state index is 8.36. The number of halogens is 2. The second kappa shape index (κ2) is 6.86. The fraction of sp³-hybridized carbons (Fsp3) is 0.400. The molecule has 6 nitrogen and oxygen atoms in total. The van der Waals surface area contributed by atoms with Crippen molar-refractivity contribution in [2.45, 2.75) is 37.4 Å². The Labute approximate surface area is 143 Å². The minimum atomic E-state index is -0.250. The average Bonchev–Trinajstić information content (AvgIpc) is 3.26. The third kappa shape index (κ3) is 3.20. The van der Waals surface area contributed by atoms with Gasteiger partial charge in [-0.2, -0.15) is 5.10 Å². The van der Waals surface area contributed by atoms with E-state index >= 15 is 0 Å². The molecule has 1 aromatic heterocycles. The van der Waals surface area contributed by atoms with Crippen LogP contribution in [-0.4, -0.2) is 38.6 Å². The van der Waals surface area contributed by atoms with Crippen LogP contribution in [-0.2, 0) is 9.53 Å². The minimum Gasteiger partial charge on any atom is -0.483 e. The molecule has 0 spiro atoms. The van der Waals surface area contributed by atoms with Crippen LogP contribution in [0.15, 0.2) is 24.5 Å². The Morgan fingerprint density at radius 1 is 1.30 bits per heavy atom. The van der Waals surface area contributed by atoms with Crippen LogP contribution in [0, 0.1) is 0 Å². The number of hydrogen-bond acceptors (Lipinski definition) is 4. The molecule has 3 heterocycles. The van der Waals surface area contributed by atoms with Gasteiger partial charge < -0.3 is 9.84 Å². The van der Waals surface area contributed by atoms with Crippen LogP contribution in [0.5, 0.6) is 0 Å². The van der Waals surface area contributed by atoms with Gasteiger partial charge in [-0.05, 0) is 37.5 Å². The number of ether oxygens (including phenoxy) is 1. The molecular weight excluding hydrogens is 341 g/mol. The van der Waals surface area contributed by atoms with Gasteiger partial charge in [-0.25, -0.2) is 9.67 Å². The summed E-state index contributed by atoms with van der Waals surface area (Å²) < 4.78 is 7.76. The summed E-state index contributed by atoms with van der Waals surface area (Å²) in [5.41, 5.74) is 0.884. The molecule has 2 fully saturated rings. The maximum Gasteiger partial charge on any atom is 0.290 e. The van der Waals surface area contributed by atoms with Crippen molar-refractivity contribution in [2.24, 2.45) is 0 Å². The van der Waals surface area contributed by atoms with Crippen LogP contribution in [0.4, 0.5) is 0 Å². The third-order valence-electron chi connectivity index (χ3n) is 4.16. The SMILES string of the molecule is Clc1ccc(-n2ncnc2[C@H]2C[C@@H]3CC[C@H]2O3)cc1Cl.O=CO. The minimum absolute atomic E-state index is 0.250. The van der Waals surface area contributed by atoms with Crippen LogP contribution in [0.2, 0.25) is 10.0 Å². The van der Waals surface area contributed by atoms with E-state index in [-0.39, 0.29) is 12.6 Å². The Kier molecular flexibility index (Phi) is 4.84. The molecular formula is C15H15Cl2N3O3. The van der Waals surface area contributed by atoms with Gasteiger partial charge in [-0.15, -0.1) is 0 Å². The zero-order valence-electron chi connectivity index (χ0n) is 12.1. The predicted molar refractivity (Wildman–Crippen MR) is 85.3 cm³/mol. The van der Waals surface area contributed by atoms with E-state index in [2.05, 4.69) is 10.1 Å². The molecule has 3 atom stereocenters. The number of rotatable bonds is 2. The van der Waals surface area contributed by atoms with Gasteiger partial charge in [0.1, 0.15) is 12.2 Å². The number of fused-ring (bicyclic) bond motifs is 2. The van der Waals surface area contributed by atoms with Gasteiger partial charge in [-0.3, -0.25) is 4.79 Å². The Morgan fingerprint density at radius 3 is 2.70 bits per heavy atom. The van der Waals surface area contributed by atoms with Gasteiger partial charge in [0.05, 0.1) is 27.9 Å². The highest BCUT2D eigenvalue weighted by molar-refractivity contribution is 6.42. The number of carboxylic acid groups (broad SMARTS) is 1. The van der Waals surface area contributed by atoms with Crippen molar-refractivity contribution in [3.8, 4) is 5.69 Å². The lowest BCUT2D eigenvalue weighted by Gasteiger charge is -2.18. The summed E-state index contributed by atoms with van der Waals surface area (Å²) in [5.74, 6) is 1.28. The lowest BCUT2D eigenvalue weighted by atomic mass is 9.88. The Balaban J connectivity index is 0.000000485. The third-order valence-corrected chi connectivity index (χ3v) is 4.90. The quantitative estimate of drug-likeness (QED) is 0.836. The lowest BCUT2D eigenvalue weighted by molar-refractivity contribution is -0.122. The van der Waals surface area contributed by atoms with Crippen LogP contribution < -0.4 is 0 Å². The highest BCUT2D eigenvalue weighted by Crippen LogP contribution is 2.44. The zero-order chi connectivity index (χ0) is 16.4. The van der Waals surface area contributed by atoms with Crippen molar-refractivity contribution in [2.75, 3.05) is 0 Å². The van der Waals surface area contributed by atoms with E-state index in [0.29, 0.717) is 22.1 Å². The fourth-order valence-electron chi connectivity index (χ4n) is 3.23. The van der Waals surface area contributed by atoms with E-state index in [1.807, 2.05) is 16.8 Å². The molecule has 1 aromatic carbocycles. The van der Waals surface area contributed by atoms with Crippen molar-refractivity contribution < 1.29 is 14.6 Å². The monoisotopic (exact) mass is 355 g/mol. The van der Waals surface area contributed by atoms with Gasteiger partial charge in [0.25, 0.3) is 6.47 Å². The van der Waals surface area contributed by atoms with Crippen molar-refractivity contribution in [3.63, 3.8) is 0 Å². The molecule has 0 aliphatic carbocycles. The molecule has 2 saturated heterocycles. The molecule has 0 unspecified atom stereocenters. The van der Waals surface area contributed by atoms with E-state index in [4.69, 9.17) is 37.8 Å². The molecule has 2 bridgehead atoms. The molecule has 4 rings (SSSR count). The van der Waals surface area contributed by atoms with Gasteiger partial charge in [-0.1, -0.05) is 23.2 Å². The Bertz CT molecular complexity index is 707. The topological polar surface area (TPSA) is 77.2 Å². The van der Waals surface area contributed by atoms with E-state index < -0.39 is 0 Å². The molecule has 1 N–H and O–H groups in total. The average molecular weight is 356 g/mol. The number of hydrogen-bond donors (Lipinski definition) is 1. The highest BCUT2D eigenvalue weighted by atomic mass is 35.5. The first-order valence-corrected chi connectivity index (χ1v) is 7.98. The van der Waals surface area contributed by atoms with Crippen molar-refractivity contribution >= 4 is 29.7 Å². The molecule has 8 heteroatoms. The van der Waals surface area contributed by atoms with Crippen molar-refractivity contribution in [1.29, 1.82) is 0 Å². The van der Waals surface area contributed by atoms with Gasteiger partial charge >= 0.3 is 0 Å². The zero-order valence-corrected chi connectivity index (χ0v) is 13.6. The summed E-state index contributed by atoms with van der Waals surface area (Å²) in [7, 11) is 0. The number of benzene rings is 1. The van der Waals surface area contributed by atoms with E-state index in [9.17, 15) is 0 Å². The number of aromatic nitrogens is 3. The van der Waals surface area contributed by atoms with Crippen molar-refractivity contribution in [3.05, 3.63) is 40.4 Å². The molecule has 2 aromatic rings. The van der Waals surface area contributed by atoms with Gasteiger partial charge in [0.15, 0.2) is 0 Å². The smallest absolute Gasteiger partial charge is 0.290 e.